The van der Waals surface area contributed by atoms with Crippen molar-refractivity contribution in [2.75, 3.05) is 18.5 Å². The lowest BCUT2D eigenvalue weighted by Crippen LogP contribution is -2.20. The van der Waals surface area contributed by atoms with Crippen LogP contribution in [0.1, 0.15) is 33.1 Å². The summed E-state index contributed by atoms with van der Waals surface area (Å²) in [7, 11) is 0. The zero-order valence-corrected chi connectivity index (χ0v) is 12.4. The highest BCUT2D eigenvalue weighted by atomic mass is 35.5. The van der Waals surface area contributed by atoms with E-state index in [1.807, 2.05) is 18.2 Å². The molecule has 1 aromatic rings. The molecule has 0 aromatic heterocycles. The summed E-state index contributed by atoms with van der Waals surface area (Å²) >= 11 is 6.04. The number of ether oxygens (including phenoxy) is 2. The number of rotatable bonds is 6. The van der Waals surface area contributed by atoms with Crippen LogP contribution in [0.5, 0.6) is 5.75 Å². The largest absolute Gasteiger partial charge is 0.491 e. The van der Waals surface area contributed by atoms with Crippen LogP contribution in [0.4, 0.5) is 5.69 Å². The predicted molar refractivity (Wildman–Crippen MR) is 79.3 cm³/mol. The first-order valence-electron chi connectivity index (χ1n) is 7.00. The monoisotopic (exact) mass is 283 g/mol. The van der Waals surface area contributed by atoms with Crippen LogP contribution < -0.4 is 10.1 Å². The highest BCUT2D eigenvalue weighted by Crippen LogP contribution is 2.29. The van der Waals surface area contributed by atoms with Crippen LogP contribution in [0.2, 0.25) is 5.02 Å². The van der Waals surface area contributed by atoms with E-state index in [4.69, 9.17) is 21.1 Å². The van der Waals surface area contributed by atoms with Gasteiger partial charge < -0.3 is 14.8 Å². The Hall–Kier alpha value is -0.930. The Bertz CT molecular complexity index is 411. The Morgan fingerprint density at radius 1 is 1.42 bits per heavy atom. The molecule has 1 aromatic carbocycles. The van der Waals surface area contributed by atoms with Gasteiger partial charge in [-0.1, -0.05) is 18.5 Å². The predicted octanol–water partition coefficient (Wildman–Crippen LogP) is 4.11. The molecule has 0 bridgehead atoms. The molecule has 1 heterocycles. The lowest BCUT2D eigenvalue weighted by atomic mass is 10.2. The van der Waals surface area contributed by atoms with Gasteiger partial charge in [0.2, 0.25) is 0 Å². The summed E-state index contributed by atoms with van der Waals surface area (Å²) < 4.78 is 11.5. The summed E-state index contributed by atoms with van der Waals surface area (Å²) in [6, 6.07) is 5.68. The molecule has 1 aliphatic heterocycles. The molecular weight excluding hydrogens is 262 g/mol. The van der Waals surface area contributed by atoms with Gasteiger partial charge in [0.15, 0.2) is 0 Å². The van der Waals surface area contributed by atoms with E-state index >= 15 is 0 Å². The van der Waals surface area contributed by atoms with E-state index in [0.29, 0.717) is 17.7 Å². The zero-order chi connectivity index (χ0) is 13.7. The van der Waals surface area contributed by atoms with Crippen molar-refractivity contribution >= 4 is 17.3 Å². The van der Waals surface area contributed by atoms with Crippen LogP contribution in [0, 0.1) is 0 Å². The first kappa shape index (κ1) is 14.5. The third-order valence-electron chi connectivity index (χ3n) is 3.24. The molecule has 106 valence electrons. The van der Waals surface area contributed by atoms with Gasteiger partial charge in [0.1, 0.15) is 5.75 Å². The fourth-order valence-electron chi connectivity index (χ4n) is 2.24. The van der Waals surface area contributed by atoms with E-state index in [2.05, 4.69) is 19.2 Å². The number of benzene rings is 1. The van der Waals surface area contributed by atoms with E-state index < -0.39 is 0 Å². The maximum absolute atomic E-state index is 6.04. The van der Waals surface area contributed by atoms with E-state index in [-0.39, 0.29) is 6.10 Å². The second-order valence-corrected chi connectivity index (χ2v) is 5.45. The van der Waals surface area contributed by atoms with Crippen molar-refractivity contribution in [2.24, 2.45) is 0 Å². The van der Waals surface area contributed by atoms with Crippen LogP contribution in [0.25, 0.3) is 0 Å². The molecule has 1 saturated heterocycles. The second-order valence-electron chi connectivity index (χ2n) is 5.02. The average Bonchev–Trinajstić information content (AvgIpc) is 2.81. The normalized spacial score (nSPS) is 22.5. The first-order valence-corrected chi connectivity index (χ1v) is 7.38. The lowest BCUT2D eigenvalue weighted by Gasteiger charge is -2.16. The SMILES string of the molecule is CCCOc1ccc(Cl)cc1NCC1CCC(C)O1. The van der Waals surface area contributed by atoms with Crippen LogP contribution in [-0.4, -0.2) is 25.4 Å². The van der Waals surface area contributed by atoms with Crippen LogP contribution in [0.3, 0.4) is 0 Å². The van der Waals surface area contributed by atoms with Crippen molar-refractivity contribution in [3.05, 3.63) is 23.2 Å². The Kier molecular flexibility index (Phi) is 5.34. The smallest absolute Gasteiger partial charge is 0.142 e. The topological polar surface area (TPSA) is 30.5 Å². The molecule has 2 rings (SSSR count). The van der Waals surface area contributed by atoms with Gasteiger partial charge in [-0.05, 0) is 44.4 Å². The van der Waals surface area contributed by atoms with Gasteiger partial charge in [-0.3, -0.25) is 0 Å². The summed E-state index contributed by atoms with van der Waals surface area (Å²) in [4.78, 5) is 0. The average molecular weight is 284 g/mol. The molecule has 19 heavy (non-hydrogen) atoms. The maximum atomic E-state index is 6.04. The van der Waals surface area contributed by atoms with Crippen molar-refractivity contribution in [1.82, 2.24) is 0 Å². The summed E-state index contributed by atoms with van der Waals surface area (Å²) in [5, 5.41) is 4.11. The van der Waals surface area contributed by atoms with Crippen molar-refractivity contribution in [2.45, 2.75) is 45.3 Å². The van der Waals surface area contributed by atoms with E-state index in [9.17, 15) is 0 Å². The fraction of sp³-hybridized carbons (Fsp3) is 0.600. The van der Waals surface area contributed by atoms with Gasteiger partial charge in [-0.2, -0.15) is 0 Å². The minimum absolute atomic E-state index is 0.285. The van der Waals surface area contributed by atoms with Gasteiger partial charge >= 0.3 is 0 Å². The standard InChI is InChI=1S/C15H22ClNO2/c1-3-8-18-15-7-5-12(16)9-14(15)17-10-13-6-4-11(2)19-13/h5,7,9,11,13,17H,3-4,6,8,10H2,1-2H3. The molecule has 2 atom stereocenters. The quantitative estimate of drug-likeness (QED) is 0.852. The van der Waals surface area contributed by atoms with Gasteiger partial charge in [-0.25, -0.2) is 0 Å². The molecule has 1 aliphatic rings. The third kappa shape index (κ3) is 4.29. The lowest BCUT2D eigenvalue weighted by molar-refractivity contribution is 0.0636. The Morgan fingerprint density at radius 2 is 2.26 bits per heavy atom. The zero-order valence-electron chi connectivity index (χ0n) is 11.6. The molecule has 1 N–H and O–H groups in total. The number of halogens is 1. The molecule has 3 nitrogen and oxygen atoms in total. The van der Waals surface area contributed by atoms with Gasteiger partial charge in [0, 0.05) is 11.6 Å². The summed E-state index contributed by atoms with van der Waals surface area (Å²) in [6.45, 7) is 5.73. The summed E-state index contributed by atoms with van der Waals surface area (Å²) in [5.41, 5.74) is 0.948. The van der Waals surface area contributed by atoms with Crippen molar-refractivity contribution in [3.63, 3.8) is 0 Å². The molecule has 0 saturated carbocycles. The molecular formula is C15H22ClNO2. The highest BCUT2D eigenvalue weighted by Gasteiger charge is 2.21. The Labute approximate surface area is 120 Å². The number of hydrogen-bond acceptors (Lipinski definition) is 3. The maximum Gasteiger partial charge on any atom is 0.142 e. The van der Waals surface area contributed by atoms with Crippen molar-refractivity contribution < 1.29 is 9.47 Å². The molecule has 0 aliphatic carbocycles. The van der Waals surface area contributed by atoms with Crippen LogP contribution in [0.15, 0.2) is 18.2 Å². The summed E-state index contributed by atoms with van der Waals surface area (Å²) in [6.07, 6.45) is 3.90. The Balaban J connectivity index is 1.95. The van der Waals surface area contributed by atoms with E-state index in [1.54, 1.807) is 0 Å². The molecule has 2 unspecified atom stereocenters. The second kappa shape index (κ2) is 7.01. The van der Waals surface area contributed by atoms with E-state index in [1.165, 1.54) is 0 Å². The first-order chi connectivity index (χ1) is 9.19. The fourth-order valence-corrected chi connectivity index (χ4v) is 2.41. The van der Waals surface area contributed by atoms with Crippen LogP contribution >= 0.6 is 11.6 Å². The molecule has 0 radical (unpaired) electrons. The number of nitrogens with one attached hydrogen (secondary N) is 1. The minimum atomic E-state index is 0.285. The Morgan fingerprint density at radius 3 is 2.95 bits per heavy atom. The minimum Gasteiger partial charge on any atom is -0.491 e. The van der Waals surface area contributed by atoms with Gasteiger partial charge in [-0.15, -0.1) is 0 Å². The molecule has 0 spiro atoms. The summed E-state index contributed by atoms with van der Waals surface area (Å²) in [5.74, 6) is 0.859. The number of anilines is 1. The van der Waals surface area contributed by atoms with E-state index in [0.717, 1.165) is 37.2 Å². The van der Waals surface area contributed by atoms with Crippen molar-refractivity contribution in [1.29, 1.82) is 0 Å². The highest BCUT2D eigenvalue weighted by molar-refractivity contribution is 6.30. The van der Waals surface area contributed by atoms with Crippen LogP contribution in [-0.2, 0) is 4.74 Å². The molecule has 4 heteroatoms. The third-order valence-corrected chi connectivity index (χ3v) is 3.48. The van der Waals surface area contributed by atoms with Gasteiger partial charge in [0.05, 0.1) is 24.5 Å². The van der Waals surface area contributed by atoms with Crippen molar-refractivity contribution in [3.8, 4) is 5.75 Å². The molecule has 0 amide bonds. The molecule has 1 fully saturated rings. The number of hydrogen-bond donors (Lipinski definition) is 1. The van der Waals surface area contributed by atoms with Gasteiger partial charge in [0.25, 0.3) is 0 Å².